The number of hydrogen-bond acceptors (Lipinski definition) is 5. The molecule has 4 nitrogen and oxygen atoms in total. The van der Waals surface area contributed by atoms with Crippen LogP contribution >= 0.6 is 11.5 Å². The third-order valence-electron chi connectivity index (χ3n) is 2.01. The summed E-state index contributed by atoms with van der Waals surface area (Å²) in [6.07, 6.45) is -4.55. The third kappa shape index (κ3) is 2.89. The van der Waals surface area contributed by atoms with Gasteiger partial charge in [0.2, 0.25) is 0 Å². The van der Waals surface area contributed by atoms with Gasteiger partial charge >= 0.3 is 6.18 Å². The Labute approximate surface area is 105 Å². The second kappa shape index (κ2) is 4.81. The van der Waals surface area contributed by atoms with Crippen LogP contribution in [0, 0.1) is 0 Å². The van der Waals surface area contributed by atoms with Gasteiger partial charge in [-0.2, -0.15) is 22.5 Å². The van der Waals surface area contributed by atoms with Gasteiger partial charge in [-0.1, -0.05) is 0 Å². The molecule has 0 atom stereocenters. The quantitative estimate of drug-likeness (QED) is 0.932. The SMILES string of the molecule is CNc1ccc(Oc2nc(C(F)(F)F)ns2)cc1. The summed E-state index contributed by atoms with van der Waals surface area (Å²) in [6.45, 7) is 0. The van der Waals surface area contributed by atoms with E-state index >= 15 is 0 Å². The highest BCUT2D eigenvalue weighted by Gasteiger charge is 2.36. The van der Waals surface area contributed by atoms with E-state index in [2.05, 4.69) is 14.7 Å². The topological polar surface area (TPSA) is 47.0 Å². The molecule has 0 spiro atoms. The van der Waals surface area contributed by atoms with Crippen LogP contribution in [0.1, 0.15) is 5.82 Å². The Kier molecular flexibility index (Phi) is 3.37. The van der Waals surface area contributed by atoms with Crippen LogP contribution in [0.2, 0.25) is 0 Å². The van der Waals surface area contributed by atoms with Crippen molar-refractivity contribution in [2.45, 2.75) is 6.18 Å². The van der Waals surface area contributed by atoms with Gasteiger partial charge in [0, 0.05) is 24.3 Å². The minimum Gasteiger partial charge on any atom is -0.430 e. The van der Waals surface area contributed by atoms with E-state index in [4.69, 9.17) is 4.74 Å². The van der Waals surface area contributed by atoms with Crippen LogP contribution in [-0.2, 0) is 6.18 Å². The summed E-state index contributed by atoms with van der Waals surface area (Å²) in [5.74, 6) is -0.784. The van der Waals surface area contributed by atoms with Gasteiger partial charge in [0.1, 0.15) is 5.75 Å². The van der Waals surface area contributed by atoms with Crippen LogP contribution in [0.4, 0.5) is 18.9 Å². The number of ether oxygens (including phenoxy) is 1. The molecule has 0 bridgehead atoms. The van der Waals surface area contributed by atoms with Crippen molar-refractivity contribution in [3.05, 3.63) is 30.1 Å². The summed E-state index contributed by atoms with van der Waals surface area (Å²) in [5, 5.41) is 2.77. The molecule has 0 aliphatic rings. The van der Waals surface area contributed by atoms with Crippen molar-refractivity contribution >= 4 is 17.2 Å². The minimum atomic E-state index is -4.55. The van der Waals surface area contributed by atoms with E-state index in [0.717, 1.165) is 5.69 Å². The maximum absolute atomic E-state index is 12.3. The van der Waals surface area contributed by atoms with Crippen molar-refractivity contribution in [2.75, 3.05) is 12.4 Å². The van der Waals surface area contributed by atoms with Crippen LogP contribution in [0.3, 0.4) is 0 Å². The Morgan fingerprint density at radius 3 is 2.39 bits per heavy atom. The van der Waals surface area contributed by atoms with Crippen LogP contribution in [0.15, 0.2) is 24.3 Å². The third-order valence-corrected chi connectivity index (χ3v) is 2.60. The van der Waals surface area contributed by atoms with Gasteiger partial charge in [-0.15, -0.1) is 0 Å². The van der Waals surface area contributed by atoms with Gasteiger partial charge in [0.05, 0.1) is 0 Å². The van der Waals surface area contributed by atoms with Gasteiger partial charge in [-0.25, -0.2) is 0 Å². The second-order valence-corrected chi connectivity index (χ2v) is 3.97. The summed E-state index contributed by atoms with van der Waals surface area (Å²) in [4.78, 5) is 3.26. The van der Waals surface area contributed by atoms with Crippen molar-refractivity contribution in [3.63, 3.8) is 0 Å². The zero-order valence-corrected chi connectivity index (χ0v) is 9.97. The molecule has 1 N–H and O–H groups in total. The average Bonchev–Trinajstić information content (AvgIpc) is 2.78. The molecular formula is C10H8F3N3OS. The van der Waals surface area contributed by atoms with Crippen molar-refractivity contribution in [1.82, 2.24) is 9.36 Å². The summed E-state index contributed by atoms with van der Waals surface area (Å²) < 4.78 is 45.1. The number of aromatic nitrogens is 2. The molecule has 1 aromatic carbocycles. The van der Waals surface area contributed by atoms with Gasteiger partial charge in [0.15, 0.2) is 0 Å². The van der Waals surface area contributed by atoms with Crippen LogP contribution < -0.4 is 10.1 Å². The van der Waals surface area contributed by atoms with Crippen molar-refractivity contribution in [3.8, 4) is 10.9 Å². The zero-order valence-electron chi connectivity index (χ0n) is 9.15. The van der Waals surface area contributed by atoms with E-state index in [1.54, 1.807) is 31.3 Å². The molecule has 2 rings (SSSR count). The summed E-state index contributed by atoms with van der Waals surface area (Å²) in [7, 11) is 1.76. The van der Waals surface area contributed by atoms with E-state index in [1.165, 1.54) is 0 Å². The molecule has 18 heavy (non-hydrogen) atoms. The number of benzene rings is 1. The first-order chi connectivity index (χ1) is 8.49. The predicted molar refractivity (Wildman–Crippen MR) is 61.0 cm³/mol. The lowest BCUT2D eigenvalue weighted by molar-refractivity contribution is -0.144. The molecule has 0 saturated heterocycles. The number of nitrogens with zero attached hydrogens (tertiary/aromatic N) is 2. The van der Waals surface area contributed by atoms with E-state index in [9.17, 15) is 13.2 Å². The number of nitrogens with one attached hydrogen (secondary N) is 1. The zero-order chi connectivity index (χ0) is 13.2. The summed E-state index contributed by atoms with van der Waals surface area (Å²) >= 11 is 0.562. The van der Waals surface area contributed by atoms with Gasteiger partial charge < -0.3 is 10.1 Å². The average molecular weight is 275 g/mol. The van der Waals surface area contributed by atoms with E-state index in [0.29, 0.717) is 17.3 Å². The Bertz CT molecular complexity index is 524. The maximum Gasteiger partial charge on any atom is 0.452 e. The van der Waals surface area contributed by atoms with Gasteiger partial charge in [-0.3, -0.25) is 0 Å². The Hall–Kier alpha value is -1.83. The minimum absolute atomic E-state index is 0.139. The molecule has 1 aromatic heterocycles. The Balaban J connectivity index is 2.11. The van der Waals surface area contributed by atoms with E-state index in [-0.39, 0.29) is 5.19 Å². The lowest BCUT2D eigenvalue weighted by atomic mass is 10.3. The molecule has 96 valence electrons. The van der Waals surface area contributed by atoms with Crippen LogP contribution in [0.25, 0.3) is 0 Å². The molecule has 0 radical (unpaired) electrons. The first kappa shape index (κ1) is 12.6. The van der Waals surface area contributed by atoms with Crippen molar-refractivity contribution < 1.29 is 17.9 Å². The molecule has 0 aliphatic carbocycles. The van der Waals surface area contributed by atoms with Gasteiger partial charge in [0.25, 0.3) is 11.0 Å². The Morgan fingerprint density at radius 1 is 1.22 bits per heavy atom. The molecule has 0 unspecified atom stereocenters. The number of rotatable bonds is 3. The summed E-state index contributed by atoms with van der Waals surface area (Å²) in [5.41, 5.74) is 0.871. The molecule has 2 aromatic rings. The monoisotopic (exact) mass is 275 g/mol. The molecule has 0 saturated carbocycles. The number of hydrogen-bond donors (Lipinski definition) is 1. The largest absolute Gasteiger partial charge is 0.452 e. The first-order valence-electron chi connectivity index (χ1n) is 4.85. The fraction of sp³-hybridized carbons (Fsp3) is 0.200. The first-order valence-corrected chi connectivity index (χ1v) is 5.63. The maximum atomic E-state index is 12.3. The number of alkyl halides is 3. The second-order valence-electron chi connectivity index (χ2n) is 3.26. The van der Waals surface area contributed by atoms with Gasteiger partial charge in [-0.05, 0) is 24.3 Å². The fourth-order valence-corrected chi connectivity index (χ4v) is 1.73. The highest BCUT2D eigenvalue weighted by atomic mass is 32.1. The molecule has 0 fully saturated rings. The smallest absolute Gasteiger partial charge is 0.430 e. The number of anilines is 1. The van der Waals surface area contributed by atoms with E-state index in [1.807, 2.05) is 0 Å². The molecule has 0 amide bonds. The molecule has 0 aliphatic heterocycles. The van der Waals surface area contributed by atoms with Crippen molar-refractivity contribution in [1.29, 1.82) is 0 Å². The fourth-order valence-electron chi connectivity index (χ4n) is 1.16. The standard InChI is InChI=1S/C10H8F3N3OS/c1-14-6-2-4-7(5-3-6)17-9-15-8(16-18-9)10(11,12)13/h2-5,14H,1H3. The Morgan fingerprint density at radius 2 is 1.89 bits per heavy atom. The van der Waals surface area contributed by atoms with E-state index < -0.39 is 12.0 Å². The van der Waals surface area contributed by atoms with Crippen LogP contribution in [-0.4, -0.2) is 16.4 Å². The molecular weight excluding hydrogens is 267 g/mol. The van der Waals surface area contributed by atoms with Crippen molar-refractivity contribution in [2.24, 2.45) is 0 Å². The summed E-state index contributed by atoms with van der Waals surface area (Å²) in [6, 6.07) is 6.73. The normalized spacial score (nSPS) is 11.3. The van der Waals surface area contributed by atoms with Crippen LogP contribution in [0.5, 0.6) is 10.9 Å². The highest BCUT2D eigenvalue weighted by molar-refractivity contribution is 7.07. The highest BCUT2D eigenvalue weighted by Crippen LogP contribution is 2.31. The molecule has 1 heterocycles. The lowest BCUT2D eigenvalue weighted by Gasteiger charge is -2.03. The number of halogens is 3. The molecule has 8 heteroatoms. The predicted octanol–water partition coefficient (Wildman–Crippen LogP) is 3.39. The lowest BCUT2D eigenvalue weighted by Crippen LogP contribution is -2.06.